The van der Waals surface area contributed by atoms with E-state index < -0.39 is 0 Å². The molecule has 29 heavy (non-hydrogen) atoms. The second kappa shape index (κ2) is 11.0. The third-order valence-corrected chi connectivity index (χ3v) is 5.65. The van der Waals surface area contributed by atoms with Crippen molar-refractivity contribution in [3.63, 3.8) is 0 Å². The number of ether oxygens (including phenoxy) is 1. The van der Waals surface area contributed by atoms with Gasteiger partial charge in [-0.2, -0.15) is 0 Å². The number of anilines is 1. The van der Waals surface area contributed by atoms with Crippen molar-refractivity contribution in [1.29, 1.82) is 0 Å². The number of phenols is 1. The van der Waals surface area contributed by atoms with Crippen LogP contribution in [0.1, 0.15) is 12.0 Å². The third kappa shape index (κ3) is 6.73. The molecule has 8 heteroatoms. The highest BCUT2D eigenvalue weighted by molar-refractivity contribution is 7.80. The average molecular weight is 454 g/mol. The number of hydrogen-bond donors (Lipinski definition) is 2. The number of nitrogens with zero attached hydrogens (tertiary/aromatic N) is 2. The number of nitrogens with one attached hydrogen (secondary N) is 1. The first-order chi connectivity index (χ1) is 14.0. The lowest BCUT2D eigenvalue weighted by molar-refractivity contribution is 0.0367. The number of aromatic hydroxyl groups is 1. The highest BCUT2D eigenvalue weighted by atomic mass is 35.5. The van der Waals surface area contributed by atoms with Crippen LogP contribution in [-0.4, -0.2) is 59.4 Å². The van der Waals surface area contributed by atoms with E-state index in [0.29, 0.717) is 22.2 Å². The van der Waals surface area contributed by atoms with Crippen LogP contribution >= 0.6 is 35.4 Å². The molecule has 0 aliphatic carbocycles. The van der Waals surface area contributed by atoms with Gasteiger partial charge < -0.3 is 20.1 Å². The number of thiocarbonyl (C=S) groups is 1. The van der Waals surface area contributed by atoms with Crippen molar-refractivity contribution >= 4 is 46.2 Å². The molecule has 1 aliphatic rings. The summed E-state index contributed by atoms with van der Waals surface area (Å²) in [6.07, 6.45) is 0.936. The summed E-state index contributed by atoms with van der Waals surface area (Å²) in [4.78, 5) is 4.42. The molecule has 1 aliphatic heterocycles. The van der Waals surface area contributed by atoms with E-state index in [9.17, 15) is 5.11 Å². The van der Waals surface area contributed by atoms with Crippen LogP contribution in [0.4, 0.5) is 5.69 Å². The number of benzene rings is 2. The molecule has 2 N–H and O–H groups in total. The Bertz CT molecular complexity index is 817. The number of hydrogen-bond acceptors (Lipinski definition) is 4. The van der Waals surface area contributed by atoms with Crippen LogP contribution in [0, 0.1) is 0 Å². The Morgan fingerprint density at radius 1 is 1.17 bits per heavy atom. The molecule has 0 aromatic heterocycles. The first-order valence-electron chi connectivity index (χ1n) is 9.61. The summed E-state index contributed by atoms with van der Waals surface area (Å²) in [5.74, 6) is 0.0387. The average Bonchev–Trinajstić information content (AvgIpc) is 2.72. The molecule has 3 rings (SSSR count). The van der Waals surface area contributed by atoms with Crippen LogP contribution < -0.4 is 5.32 Å². The van der Waals surface area contributed by atoms with E-state index in [1.165, 1.54) is 6.07 Å². The molecular formula is C21H25Cl2N3O2S. The highest BCUT2D eigenvalue weighted by Gasteiger charge is 2.17. The Kier molecular flexibility index (Phi) is 8.39. The molecule has 1 heterocycles. The van der Waals surface area contributed by atoms with Gasteiger partial charge in [-0.25, -0.2) is 0 Å². The minimum atomic E-state index is 0.0387. The summed E-state index contributed by atoms with van der Waals surface area (Å²) < 4.78 is 5.41. The Morgan fingerprint density at radius 3 is 2.62 bits per heavy atom. The van der Waals surface area contributed by atoms with Crippen molar-refractivity contribution in [2.24, 2.45) is 0 Å². The highest BCUT2D eigenvalue weighted by Crippen LogP contribution is 2.32. The van der Waals surface area contributed by atoms with E-state index in [1.54, 1.807) is 6.07 Å². The van der Waals surface area contributed by atoms with Gasteiger partial charge in [-0.15, -0.1) is 0 Å². The van der Waals surface area contributed by atoms with Gasteiger partial charge in [-0.1, -0.05) is 41.4 Å². The number of para-hydroxylation sites is 1. The Morgan fingerprint density at radius 2 is 1.90 bits per heavy atom. The minimum absolute atomic E-state index is 0.0387. The van der Waals surface area contributed by atoms with E-state index in [-0.39, 0.29) is 10.8 Å². The summed E-state index contributed by atoms with van der Waals surface area (Å²) >= 11 is 17.9. The van der Waals surface area contributed by atoms with Crippen LogP contribution in [0.5, 0.6) is 5.75 Å². The van der Waals surface area contributed by atoms with E-state index in [1.807, 2.05) is 35.2 Å². The summed E-state index contributed by atoms with van der Waals surface area (Å²) in [6, 6.07) is 13.1. The van der Waals surface area contributed by atoms with Gasteiger partial charge in [0.05, 0.1) is 18.2 Å². The molecule has 0 amide bonds. The molecule has 5 nitrogen and oxygen atoms in total. The molecule has 0 atom stereocenters. The summed E-state index contributed by atoms with van der Waals surface area (Å²) in [6.45, 7) is 5.59. The van der Waals surface area contributed by atoms with Crippen molar-refractivity contribution in [3.8, 4) is 5.75 Å². The molecule has 0 saturated carbocycles. The lowest BCUT2D eigenvalue weighted by atomic mass is 10.2. The van der Waals surface area contributed by atoms with E-state index in [2.05, 4.69) is 10.2 Å². The smallest absolute Gasteiger partial charge is 0.173 e. The predicted octanol–water partition coefficient (Wildman–Crippen LogP) is 4.62. The lowest BCUT2D eigenvalue weighted by Gasteiger charge is -2.30. The topological polar surface area (TPSA) is 48.0 Å². The van der Waals surface area contributed by atoms with Crippen LogP contribution in [-0.2, 0) is 11.3 Å². The zero-order valence-corrected chi connectivity index (χ0v) is 18.4. The SMILES string of the molecule is Oc1c(Cl)cc(Cl)cc1CN(CCCN1CCOCC1)C(=S)Nc1ccccc1. The van der Waals surface area contributed by atoms with Crippen LogP contribution in [0.25, 0.3) is 0 Å². The Balaban J connectivity index is 1.69. The predicted molar refractivity (Wildman–Crippen MR) is 123 cm³/mol. The van der Waals surface area contributed by atoms with Crippen molar-refractivity contribution < 1.29 is 9.84 Å². The summed E-state index contributed by atoms with van der Waals surface area (Å²) in [5.41, 5.74) is 1.56. The Hall–Kier alpha value is -1.57. The molecular weight excluding hydrogens is 429 g/mol. The number of morpholine rings is 1. The number of rotatable bonds is 7. The van der Waals surface area contributed by atoms with Gasteiger partial charge in [0.15, 0.2) is 5.11 Å². The molecule has 1 saturated heterocycles. The van der Waals surface area contributed by atoms with Crippen LogP contribution in [0.2, 0.25) is 10.0 Å². The van der Waals surface area contributed by atoms with Crippen molar-refractivity contribution in [2.45, 2.75) is 13.0 Å². The standard InChI is InChI=1S/C21H25Cl2N3O2S/c22-17-13-16(20(27)19(23)14-17)15-26(8-4-7-25-9-11-28-12-10-25)21(29)24-18-5-2-1-3-6-18/h1-3,5-6,13-14,27H,4,7-12,15H2,(H,24,29). The quantitative estimate of drug-likeness (QED) is 0.596. The first kappa shape index (κ1) is 22.1. The van der Waals surface area contributed by atoms with E-state index in [4.69, 9.17) is 40.2 Å². The van der Waals surface area contributed by atoms with Crippen LogP contribution in [0.3, 0.4) is 0 Å². The van der Waals surface area contributed by atoms with E-state index in [0.717, 1.165) is 51.5 Å². The van der Waals surface area contributed by atoms with Gasteiger partial charge in [0.25, 0.3) is 0 Å². The molecule has 1 fully saturated rings. The zero-order valence-electron chi connectivity index (χ0n) is 16.1. The third-order valence-electron chi connectivity index (χ3n) is 4.79. The van der Waals surface area contributed by atoms with Gasteiger partial charge in [0, 0.05) is 49.0 Å². The fourth-order valence-electron chi connectivity index (χ4n) is 3.23. The number of phenolic OH excluding ortho intramolecular Hbond substituents is 1. The normalized spacial score (nSPS) is 14.6. The maximum absolute atomic E-state index is 10.4. The Labute approximate surface area is 187 Å². The largest absolute Gasteiger partial charge is 0.506 e. The fraction of sp³-hybridized carbons (Fsp3) is 0.381. The van der Waals surface area contributed by atoms with Gasteiger partial charge in [-0.3, -0.25) is 4.90 Å². The molecule has 0 bridgehead atoms. The minimum Gasteiger partial charge on any atom is -0.506 e. The fourth-order valence-corrected chi connectivity index (χ4v) is 4.04. The van der Waals surface area contributed by atoms with Crippen LogP contribution in [0.15, 0.2) is 42.5 Å². The molecule has 156 valence electrons. The molecule has 0 spiro atoms. The number of halogens is 2. The summed E-state index contributed by atoms with van der Waals surface area (Å²) in [7, 11) is 0. The van der Waals surface area contributed by atoms with Crippen molar-refractivity contribution in [3.05, 3.63) is 58.1 Å². The van der Waals surface area contributed by atoms with Gasteiger partial charge in [-0.05, 0) is 42.9 Å². The van der Waals surface area contributed by atoms with Crippen molar-refractivity contribution in [2.75, 3.05) is 44.7 Å². The molecule has 0 radical (unpaired) electrons. The molecule has 2 aromatic rings. The van der Waals surface area contributed by atoms with Gasteiger partial charge >= 0.3 is 0 Å². The maximum atomic E-state index is 10.4. The second-order valence-electron chi connectivity index (χ2n) is 6.92. The first-order valence-corrected chi connectivity index (χ1v) is 10.8. The van der Waals surface area contributed by atoms with Gasteiger partial charge in [0.2, 0.25) is 0 Å². The molecule has 2 aromatic carbocycles. The lowest BCUT2D eigenvalue weighted by Crippen LogP contribution is -2.40. The van der Waals surface area contributed by atoms with E-state index >= 15 is 0 Å². The zero-order chi connectivity index (χ0) is 20.6. The maximum Gasteiger partial charge on any atom is 0.173 e. The molecule has 0 unspecified atom stereocenters. The summed E-state index contributed by atoms with van der Waals surface area (Å²) in [5, 5.41) is 15.0. The van der Waals surface area contributed by atoms with Crippen molar-refractivity contribution in [1.82, 2.24) is 9.80 Å². The second-order valence-corrected chi connectivity index (χ2v) is 8.15. The monoisotopic (exact) mass is 453 g/mol. The van der Waals surface area contributed by atoms with Gasteiger partial charge in [0.1, 0.15) is 5.75 Å².